The smallest absolute Gasteiger partial charge is 0.265 e. The number of ether oxygens (including phenoxy) is 3. The quantitative estimate of drug-likeness (QED) is 0.500. The number of hydrogen-bond donors (Lipinski definition) is 1. The zero-order valence-electron chi connectivity index (χ0n) is 19.7. The lowest BCUT2D eigenvalue weighted by atomic mass is 10.1. The summed E-state index contributed by atoms with van der Waals surface area (Å²) >= 11 is 6.18. The maximum Gasteiger partial charge on any atom is 0.265 e. The molecule has 0 radical (unpaired) electrons. The molecule has 1 saturated heterocycles. The Hall–Kier alpha value is -3.10. The van der Waals surface area contributed by atoms with Gasteiger partial charge in [-0.05, 0) is 62.1 Å². The molecule has 2 heterocycles. The predicted octanol–water partition coefficient (Wildman–Crippen LogP) is 3.71. The van der Waals surface area contributed by atoms with Gasteiger partial charge >= 0.3 is 0 Å². The molecule has 2 amide bonds. The molecule has 9 heteroatoms. The van der Waals surface area contributed by atoms with Gasteiger partial charge in [-0.2, -0.15) is 0 Å². The second-order valence-corrected chi connectivity index (χ2v) is 9.11. The number of aryl methyl sites for hydroxylation is 1. The van der Waals surface area contributed by atoms with Crippen molar-refractivity contribution in [3.8, 4) is 11.5 Å². The summed E-state index contributed by atoms with van der Waals surface area (Å²) in [5, 5.41) is 3.33. The van der Waals surface area contributed by atoms with E-state index in [0.29, 0.717) is 47.3 Å². The van der Waals surface area contributed by atoms with Crippen molar-refractivity contribution in [3.05, 3.63) is 52.5 Å². The Kier molecular flexibility index (Phi) is 8.25. The minimum Gasteiger partial charge on any atom is -0.484 e. The molecule has 1 fully saturated rings. The van der Waals surface area contributed by atoms with Crippen LogP contribution < -0.4 is 19.7 Å². The molecule has 0 bridgehead atoms. The van der Waals surface area contributed by atoms with E-state index < -0.39 is 0 Å². The van der Waals surface area contributed by atoms with Crippen LogP contribution in [0.3, 0.4) is 0 Å². The van der Waals surface area contributed by atoms with Crippen LogP contribution in [0.15, 0.2) is 36.4 Å². The van der Waals surface area contributed by atoms with E-state index in [1.165, 1.54) is 0 Å². The zero-order chi connectivity index (χ0) is 24.8. The number of amides is 2. The standard InChI is InChI=1S/C26H29ClN2O6/c1-17-6-8-23(20(27)12-17)34-15-22(30)18-7-9-24-21(13-18)29(26(32)16-35-24)10-2-5-25(31)28-14-19-4-3-11-33-19/h6-9,12-13,19H,2-5,10-11,14-16H2,1H3,(H,28,31)/t19-/m0/s1. The van der Waals surface area contributed by atoms with Gasteiger partial charge in [0.05, 0.1) is 16.8 Å². The Morgan fingerprint density at radius 1 is 1.23 bits per heavy atom. The fraction of sp³-hybridized carbons (Fsp3) is 0.423. The van der Waals surface area contributed by atoms with Crippen molar-refractivity contribution in [1.29, 1.82) is 0 Å². The second-order valence-electron chi connectivity index (χ2n) is 8.70. The third kappa shape index (κ3) is 6.52. The number of carbonyl (C=O) groups excluding carboxylic acids is 3. The summed E-state index contributed by atoms with van der Waals surface area (Å²) in [5.74, 6) is 0.408. The molecular weight excluding hydrogens is 472 g/mol. The number of nitrogens with zero attached hydrogens (tertiary/aromatic N) is 1. The van der Waals surface area contributed by atoms with Crippen LogP contribution in [0.2, 0.25) is 5.02 Å². The molecule has 1 N–H and O–H groups in total. The van der Waals surface area contributed by atoms with Crippen LogP contribution in [0.5, 0.6) is 11.5 Å². The molecule has 0 spiro atoms. The van der Waals surface area contributed by atoms with Crippen LogP contribution in [-0.4, -0.2) is 56.6 Å². The second kappa shape index (κ2) is 11.6. The highest BCUT2D eigenvalue weighted by Gasteiger charge is 2.27. The average molecular weight is 501 g/mol. The summed E-state index contributed by atoms with van der Waals surface area (Å²) in [6.07, 6.45) is 2.85. The van der Waals surface area contributed by atoms with Crippen molar-refractivity contribution in [3.63, 3.8) is 0 Å². The van der Waals surface area contributed by atoms with Crippen LogP contribution in [-0.2, 0) is 14.3 Å². The van der Waals surface area contributed by atoms with Gasteiger partial charge in [-0.3, -0.25) is 14.4 Å². The molecule has 186 valence electrons. The first-order valence-electron chi connectivity index (χ1n) is 11.8. The summed E-state index contributed by atoms with van der Waals surface area (Å²) < 4.78 is 16.7. The number of Topliss-reactive ketones (excluding diaryl/α,β-unsaturated/α-hetero) is 1. The van der Waals surface area contributed by atoms with Crippen molar-refractivity contribution < 1.29 is 28.6 Å². The Morgan fingerprint density at radius 2 is 2.09 bits per heavy atom. The van der Waals surface area contributed by atoms with Crippen LogP contribution >= 0.6 is 11.6 Å². The maximum absolute atomic E-state index is 12.8. The van der Waals surface area contributed by atoms with Crippen LogP contribution in [0, 0.1) is 6.92 Å². The van der Waals surface area contributed by atoms with E-state index in [2.05, 4.69) is 5.32 Å². The third-order valence-corrected chi connectivity index (χ3v) is 6.30. The molecule has 2 aliphatic heterocycles. The number of anilines is 1. The van der Waals surface area contributed by atoms with Gasteiger partial charge in [0.1, 0.15) is 11.5 Å². The highest BCUT2D eigenvalue weighted by Crippen LogP contribution is 2.33. The Balaban J connectivity index is 1.34. The summed E-state index contributed by atoms with van der Waals surface area (Å²) in [4.78, 5) is 39.1. The number of halogens is 1. The lowest BCUT2D eigenvalue weighted by Crippen LogP contribution is -2.40. The number of benzene rings is 2. The van der Waals surface area contributed by atoms with Crippen molar-refractivity contribution in [1.82, 2.24) is 5.32 Å². The van der Waals surface area contributed by atoms with Gasteiger partial charge in [-0.15, -0.1) is 0 Å². The predicted molar refractivity (Wildman–Crippen MR) is 132 cm³/mol. The van der Waals surface area contributed by atoms with Crippen LogP contribution in [0.1, 0.15) is 41.6 Å². The first-order chi connectivity index (χ1) is 16.9. The number of hydrogen-bond acceptors (Lipinski definition) is 6. The van der Waals surface area contributed by atoms with Crippen LogP contribution in [0.25, 0.3) is 0 Å². The topological polar surface area (TPSA) is 94.2 Å². The Bertz CT molecular complexity index is 1100. The lowest BCUT2D eigenvalue weighted by Gasteiger charge is -2.29. The first-order valence-corrected chi connectivity index (χ1v) is 12.2. The van der Waals surface area contributed by atoms with Crippen molar-refractivity contribution in [2.24, 2.45) is 0 Å². The van der Waals surface area contributed by atoms with Gasteiger partial charge in [-0.25, -0.2) is 0 Å². The molecule has 8 nitrogen and oxygen atoms in total. The SMILES string of the molecule is Cc1ccc(OCC(=O)c2ccc3c(c2)N(CCCC(=O)NC[C@@H]2CCCO2)C(=O)CO3)c(Cl)c1. The molecule has 1 atom stereocenters. The molecule has 0 unspecified atom stereocenters. The number of ketones is 1. The first kappa shape index (κ1) is 25.0. The zero-order valence-corrected chi connectivity index (χ0v) is 20.4. The van der Waals surface area contributed by atoms with Crippen molar-refractivity contribution >= 4 is 34.9 Å². The largest absolute Gasteiger partial charge is 0.484 e. The Labute approximate surface area is 209 Å². The minimum atomic E-state index is -0.254. The normalized spacial score (nSPS) is 17.0. The molecule has 4 rings (SSSR count). The highest BCUT2D eigenvalue weighted by molar-refractivity contribution is 6.32. The lowest BCUT2D eigenvalue weighted by molar-refractivity contribution is -0.123. The number of rotatable bonds is 10. The van der Waals surface area contributed by atoms with Gasteiger partial charge in [0, 0.05) is 31.7 Å². The molecule has 0 saturated carbocycles. The number of fused-ring (bicyclic) bond motifs is 1. The average Bonchev–Trinajstić information content (AvgIpc) is 3.37. The maximum atomic E-state index is 12.8. The monoisotopic (exact) mass is 500 g/mol. The van der Waals surface area contributed by atoms with E-state index >= 15 is 0 Å². The summed E-state index contributed by atoms with van der Waals surface area (Å²) in [6.45, 7) is 3.24. The molecule has 0 aliphatic carbocycles. The number of carbonyl (C=O) groups is 3. The van der Waals surface area contributed by atoms with Gasteiger partial charge in [0.25, 0.3) is 5.91 Å². The van der Waals surface area contributed by atoms with E-state index in [1.54, 1.807) is 35.2 Å². The van der Waals surface area contributed by atoms with E-state index in [-0.39, 0.29) is 43.3 Å². The Morgan fingerprint density at radius 3 is 2.86 bits per heavy atom. The summed E-state index contributed by atoms with van der Waals surface area (Å²) in [5.41, 5.74) is 1.90. The molecule has 35 heavy (non-hydrogen) atoms. The highest BCUT2D eigenvalue weighted by atomic mass is 35.5. The molecular formula is C26H29ClN2O6. The summed E-state index contributed by atoms with van der Waals surface area (Å²) in [6, 6.07) is 10.3. The van der Waals surface area contributed by atoms with E-state index in [1.807, 2.05) is 13.0 Å². The van der Waals surface area contributed by atoms with Gasteiger partial charge in [0.15, 0.2) is 19.0 Å². The fourth-order valence-electron chi connectivity index (χ4n) is 4.09. The molecule has 2 aromatic rings. The van der Waals surface area contributed by atoms with Crippen molar-refractivity contribution in [2.45, 2.75) is 38.7 Å². The molecule has 2 aliphatic rings. The minimum absolute atomic E-state index is 0.0720. The third-order valence-electron chi connectivity index (χ3n) is 6.01. The van der Waals surface area contributed by atoms with Gasteiger partial charge < -0.3 is 24.4 Å². The van der Waals surface area contributed by atoms with Crippen LogP contribution in [0.4, 0.5) is 5.69 Å². The fourth-order valence-corrected chi connectivity index (χ4v) is 4.38. The van der Waals surface area contributed by atoms with Crippen molar-refractivity contribution in [2.75, 3.05) is 37.8 Å². The van der Waals surface area contributed by atoms with E-state index in [9.17, 15) is 14.4 Å². The molecule has 0 aromatic heterocycles. The number of nitrogens with one attached hydrogen (secondary N) is 1. The van der Waals surface area contributed by atoms with E-state index in [0.717, 1.165) is 25.0 Å². The van der Waals surface area contributed by atoms with Gasteiger partial charge in [-0.1, -0.05) is 17.7 Å². The summed E-state index contributed by atoms with van der Waals surface area (Å²) in [7, 11) is 0. The van der Waals surface area contributed by atoms with Gasteiger partial charge in [0.2, 0.25) is 5.91 Å². The van der Waals surface area contributed by atoms with E-state index in [4.69, 9.17) is 25.8 Å². The molecule has 2 aromatic carbocycles.